The van der Waals surface area contributed by atoms with E-state index in [9.17, 15) is 13.2 Å². The summed E-state index contributed by atoms with van der Waals surface area (Å²) in [5, 5.41) is 6.04. The number of carbonyl (C=O) groups is 1. The van der Waals surface area contributed by atoms with Gasteiger partial charge in [0.2, 0.25) is 5.91 Å². The molecule has 114 valence electrons. The molecule has 0 saturated carbocycles. The van der Waals surface area contributed by atoms with Crippen LogP contribution in [0.5, 0.6) is 5.75 Å². The summed E-state index contributed by atoms with van der Waals surface area (Å²) in [4.78, 5) is 12.1. The Morgan fingerprint density at radius 2 is 2.24 bits per heavy atom. The summed E-state index contributed by atoms with van der Waals surface area (Å²) in [5.41, 5.74) is 1.67. The first-order chi connectivity index (χ1) is 10.0. The van der Waals surface area contributed by atoms with Gasteiger partial charge in [-0.3, -0.25) is 4.79 Å². The quantitative estimate of drug-likeness (QED) is 0.833. The van der Waals surface area contributed by atoms with Crippen LogP contribution in [0.2, 0.25) is 0 Å². The fourth-order valence-corrected chi connectivity index (χ4v) is 4.38. The van der Waals surface area contributed by atoms with E-state index in [4.69, 9.17) is 4.74 Å². The number of ether oxygens (including phenoxy) is 1. The fourth-order valence-electron chi connectivity index (χ4n) is 2.64. The molecule has 0 spiro atoms. The van der Waals surface area contributed by atoms with Crippen molar-refractivity contribution >= 4 is 21.4 Å². The van der Waals surface area contributed by atoms with Crippen LogP contribution in [0.3, 0.4) is 0 Å². The van der Waals surface area contributed by atoms with E-state index in [1.165, 1.54) is 0 Å². The van der Waals surface area contributed by atoms with E-state index in [2.05, 4.69) is 10.6 Å². The summed E-state index contributed by atoms with van der Waals surface area (Å²) in [6.07, 6.45) is 0.407. The van der Waals surface area contributed by atoms with E-state index >= 15 is 0 Å². The highest BCUT2D eigenvalue weighted by Gasteiger charge is 2.33. The van der Waals surface area contributed by atoms with Gasteiger partial charge in [0.1, 0.15) is 12.4 Å². The first-order valence-corrected chi connectivity index (χ1v) is 8.83. The second-order valence-electron chi connectivity index (χ2n) is 5.44. The molecule has 3 rings (SSSR count). The van der Waals surface area contributed by atoms with Gasteiger partial charge in [0.25, 0.3) is 0 Å². The minimum atomic E-state index is -3.04. The molecule has 1 amide bonds. The Bertz CT molecular complexity index is 657. The Kier molecular flexibility index (Phi) is 3.86. The number of hydrogen-bond donors (Lipinski definition) is 2. The van der Waals surface area contributed by atoms with Crippen molar-refractivity contribution in [3.8, 4) is 5.75 Å². The molecule has 1 atom stereocenters. The van der Waals surface area contributed by atoms with Gasteiger partial charge in [-0.15, -0.1) is 0 Å². The molecule has 0 radical (unpaired) electrons. The Morgan fingerprint density at radius 1 is 1.38 bits per heavy atom. The summed E-state index contributed by atoms with van der Waals surface area (Å²) in [7, 11) is -3.04. The van der Waals surface area contributed by atoms with Crippen molar-refractivity contribution in [3.63, 3.8) is 0 Å². The number of hydrogen-bond acceptors (Lipinski definition) is 5. The van der Waals surface area contributed by atoms with Crippen molar-refractivity contribution in [2.24, 2.45) is 5.92 Å². The van der Waals surface area contributed by atoms with Crippen LogP contribution >= 0.6 is 0 Å². The molecular weight excluding hydrogens is 292 g/mol. The predicted octanol–water partition coefficient (Wildman–Crippen LogP) is 0.542. The lowest BCUT2D eigenvalue weighted by Gasteiger charge is -2.12. The lowest BCUT2D eigenvalue weighted by molar-refractivity contribution is -0.119. The Balaban J connectivity index is 1.70. The van der Waals surface area contributed by atoms with Crippen molar-refractivity contribution in [3.05, 3.63) is 23.8 Å². The number of anilines is 1. The van der Waals surface area contributed by atoms with Crippen LogP contribution in [-0.2, 0) is 21.2 Å². The summed E-state index contributed by atoms with van der Waals surface area (Å²) < 4.78 is 28.4. The zero-order chi connectivity index (χ0) is 14.9. The number of rotatable bonds is 2. The number of amides is 1. The first kappa shape index (κ1) is 14.3. The van der Waals surface area contributed by atoms with Gasteiger partial charge in [0.05, 0.1) is 17.4 Å². The van der Waals surface area contributed by atoms with E-state index in [0.29, 0.717) is 25.3 Å². The monoisotopic (exact) mass is 310 g/mol. The number of fused-ring (bicyclic) bond motifs is 1. The number of nitrogens with one attached hydrogen (secondary N) is 2. The van der Waals surface area contributed by atoms with Gasteiger partial charge in [0.15, 0.2) is 9.84 Å². The highest BCUT2D eigenvalue weighted by Crippen LogP contribution is 2.25. The molecule has 1 saturated heterocycles. The molecule has 21 heavy (non-hydrogen) atoms. The van der Waals surface area contributed by atoms with Gasteiger partial charge in [0, 0.05) is 24.3 Å². The maximum absolute atomic E-state index is 12.1. The van der Waals surface area contributed by atoms with Gasteiger partial charge >= 0.3 is 0 Å². The molecule has 6 nitrogen and oxygen atoms in total. The second-order valence-corrected chi connectivity index (χ2v) is 7.67. The average molecular weight is 310 g/mol. The standard InChI is InChI=1S/C14H18N2O4S/c17-14(10-3-6-21(18,19)9-10)16-12-1-2-13-11(7-12)8-15-4-5-20-13/h1-2,7,10,15H,3-6,8-9H2,(H,16,17). The molecule has 0 aromatic heterocycles. The summed E-state index contributed by atoms with van der Waals surface area (Å²) in [6.45, 7) is 2.10. The minimum Gasteiger partial charge on any atom is -0.492 e. The molecule has 2 aliphatic rings. The molecule has 2 aliphatic heterocycles. The van der Waals surface area contributed by atoms with Crippen LogP contribution in [0.25, 0.3) is 0 Å². The van der Waals surface area contributed by atoms with Gasteiger partial charge in [-0.1, -0.05) is 0 Å². The van der Waals surface area contributed by atoms with Crippen LogP contribution < -0.4 is 15.4 Å². The van der Waals surface area contributed by atoms with Gasteiger partial charge < -0.3 is 15.4 Å². The highest BCUT2D eigenvalue weighted by atomic mass is 32.2. The van der Waals surface area contributed by atoms with Gasteiger partial charge in [-0.25, -0.2) is 8.42 Å². The van der Waals surface area contributed by atoms with Crippen molar-refractivity contribution < 1.29 is 17.9 Å². The van der Waals surface area contributed by atoms with E-state index in [1.807, 2.05) is 12.1 Å². The van der Waals surface area contributed by atoms with E-state index < -0.39 is 15.8 Å². The van der Waals surface area contributed by atoms with Crippen molar-refractivity contribution in [2.45, 2.75) is 13.0 Å². The third-order valence-electron chi connectivity index (χ3n) is 3.78. The first-order valence-electron chi connectivity index (χ1n) is 7.01. The van der Waals surface area contributed by atoms with Crippen LogP contribution in [-0.4, -0.2) is 39.0 Å². The summed E-state index contributed by atoms with van der Waals surface area (Å²) >= 11 is 0. The Morgan fingerprint density at radius 3 is 3.00 bits per heavy atom. The van der Waals surface area contributed by atoms with E-state index in [0.717, 1.165) is 17.9 Å². The number of sulfone groups is 1. The van der Waals surface area contributed by atoms with Crippen molar-refractivity contribution in [1.82, 2.24) is 5.32 Å². The molecule has 1 aromatic carbocycles. The smallest absolute Gasteiger partial charge is 0.228 e. The van der Waals surface area contributed by atoms with E-state index in [1.54, 1.807) is 6.07 Å². The summed E-state index contributed by atoms with van der Waals surface area (Å²) in [5.74, 6) is 0.213. The molecular formula is C14H18N2O4S. The lowest BCUT2D eigenvalue weighted by Crippen LogP contribution is -2.23. The molecule has 1 unspecified atom stereocenters. The molecule has 0 aliphatic carbocycles. The maximum atomic E-state index is 12.1. The largest absolute Gasteiger partial charge is 0.492 e. The highest BCUT2D eigenvalue weighted by molar-refractivity contribution is 7.91. The van der Waals surface area contributed by atoms with E-state index in [-0.39, 0.29) is 17.4 Å². The number of carbonyl (C=O) groups excluding carboxylic acids is 1. The topological polar surface area (TPSA) is 84.5 Å². The van der Waals surface area contributed by atoms with Crippen molar-refractivity contribution in [1.29, 1.82) is 0 Å². The molecule has 1 aromatic rings. The minimum absolute atomic E-state index is 0.0472. The molecule has 0 bridgehead atoms. The Labute approximate surface area is 123 Å². The maximum Gasteiger partial charge on any atom is 0.228 e. The van der Waals surface area contributed by atoms with Gasteiger partial charge in [-0.05, 0) is 24.6 Å². The van der Waals surface area contributed by atoms with Crippen LogP contribution in [0.4, 0.5) is 5.69 Å². The van der Waals surface area contributed by atoms with Crippen LogP contribution in [0.15, 0.2) is 18.2 Å². The summed E-state index contributed by atoms with van der Waals surface area (Å²) in [6, 6.07) is 5.49. The van der Waals surface area contributed by atoms with Crippen LogP contribution in [0.1, 0.15) is 12.0 Å². The molecule has 7 heteroatoms. The SMILES string of the molecule is O=C(Nc1ccc2c(c1)CNCCO2)C1CCS(=O)(=O)C1. The lowest BCUT2D eigenvalue weighted by atomic mass is 10.1. The predicted molar refractivity (Wildman–Crippen MR) is 79.0 cm³/mol. The zero-order valence-corrected chi connectivity index (χ0v) is 12.4. The molecule has 2 N–H and O–H groups in total. The van der Waals surface area contributed by atoms with Gasteiger partial charge in [-0.2, -0.15) is 0 Å². The number of benzene rings is 1. The second kappa shape index (κ2) is 5.65. The normalized spacial score (nSPS) is 23.7. The molecule has 1 fully saturated rings. The van der Waals surface area contributed by atoms with Crippen molar-refractivity contribution in [2.75, 3.05) is 30.0 Å². The fraction of sp³-hybridized carbons (Fsp3) is 0.500. The third-order valence-corrected chi connectivity index (χ3v) is 5.55. The van der Waals surface area contributed by atoms with Crippen LogP contribution in [0, 0.1) is 5.92 Å². The average Bonchev–Trinajstić information content (AvgIpc) is 2.67. The molecule has 2 heterocycles. The third kappa shape index (κ3) is 3.36. The zero-order valence-electron chi connectivity index (χ0n) is 11.6. The Hall–Kier alpha value is -1.60.